The van der Waals surface area contributed by atoms with E-state index in [1.807, 2.05) is 12.1 Å². The molecule has 1 unspecified atom stereocenters. The first kappa shape index (κ1) is 8.14. The fraction of sp³-hybridized carbons (Fsp3) is 0.375. The van der Waals surface area contributed by atoms with Crippen molar-refractivity contribution < 1.29 is 4.39 Å². The monoisotopic (exact) mass is 154 g/mol. The summed E-state index contributed by atoms with van der Waals surface area (Å²) in [6.45, 7) is -0.423. The maximum Gasteiger partial charge on any atom is 0.110 e. The van der Waals surface area contributed by atoms with Gasteiger partial charge >= 0.3 is 0 Å². The van der Waals surface area contributed by atoms with Crippen LogP contribution in [0.2, 0.25) is 0 Å². The Morgan fingerprint density at radius 1 is 1.64 bits per heavy atom. The Balaban J connectivity index is 2.74. The van der Waals surface area contributed by atoms with E-state index in [1.54, 1.807) is 19.3 Å². The molecule has 11 heavy (non-hydrogen) atoms. The van der Waals surface area contributed by atoms with Gasteiger partial charge in [-0.15, -0.1) is 0 Å². The van der Waals surface area contributed by atoms with E-state index >= 15 is 0 Å². The van der Waals surface area contributed by atoms with Gasteiger partial charge in [0.2, 0.25) is 0 Å². The van der Waals surface area contributed by atoms with Crippen molar-refractivity contribution in [3.63, 3.8) is 0 Å². The summed E-state index contributed by atoms with van der Waals surface area (Å²) < 4.78 is 12.2. The first-order valence-corrected chi connectivity index (χ1v) is 3.52. The van der Waals surface area contributed by atoms with Crippen LogP contribution >= 0.6 is 0 Å². The average Bonchev–Trinajstić information content (AvgIpc) is 2.09. The van der Waals surface area contributed by atoms with Gasteiger partial charge in [0, 0.05) is 6.20 Å². The van der Waals surface area contributed by atoms with Gasteiger partial charge in [-0.25, -0.2) is 4.39 Å². The van der Waals surface area contributed by atoms with Crippen molar-refractivity contribution in [2.75, 3.05) is 13.7 Å². The van der Waals surface area contributed by atoms with Gasteiger partial charge in [0.15, 0.2) is 0 Å². The summed E-state index contributed by atoms with van der Waals surface area (Å²) in [4.78, 5) is 4.02. The highest BCUT2D eigenvalue weighted by Gasteiger charge is 2.07. The number of nitrogens with zero attached hydrogens (tertiary/aromatic N) is 1. The molecule has 0 amide bonds. The largest absolute Gasteiger partial charge is 0.310 e. The van der Waals surface area contributed by atoms with Crippen molar-refractivity contribution in [3.05, 3.63) is 30.1 Å². The zero-order valence-corrected chi connectivity index (χ0v) is 6.42. The Bertz CT molecular complexity index is 197. The highest BCUT2D eigenvalue weighted by atomic mass is 19.1. The maximum atomic E-state index is 12.2. The predicted molar refractivity (Wildman–Crippen MR) is 42.0 cm³/mol. The highest BCUT2D eigenvalue weighted by molar-refractivity contribution is 5.08. The molecule has 0 radical (unpaired) electrons. The quantitative estimate of drug-likeness (QED) is 0.710. The molecule has 0 saturated heterocycles. The van der Waals surface area contributed by atoms with Gasteiger partial charge in [-0.05, 0) is 19.2 Å². The highest BCUT2D eigenvalue weighted by Crippen LogP contribution is 2.07. The SMILES string of the molecule is CNC(CF)c1ccccn1. The smallest absolute Gasteiger partial charge is 0.110 e. The van der Waals surface area contributed by atoms with E-state index in [9.17, 15) is 4.39 Å². The van der Waals surface area contributed by atoms with Crippen LogP contribution in [-0.2, 0) is 0 Å². The number of halogens is 1. The molecule has 0 spiro atoms. The number of nitrogens with one attached hydrogen (secondary N) is 1. The van der Waals surface area contributed by atoms with Gasteiger partial charge in [0.25, 0.3) is 0 Å². The summed E-state index contributed by atoms with van der Waals surface area (Å²) in [5, 5.41) is 2.83. The van der Waals surface area contributed by atoms with Crippen LogP contribution in [0.25, 0.3) is 0 Å². The maximum absolute atomic E-state index is 12.2. The first-order chi connectivity index (χ1) is 5.38. The summed E-state index contributed by atoms with van der Waals surface area (Å²) >= 11 is 0. The van der Waals surface area contributed by atoms with Gasteiger partial charge in [0.1, 0.15) is 6.67 Å². The molecule has 0 fully saturated rings. The van der Waals surface area contributed by atoms with Crippen LogP contribution < -0.4 is 5.32 Å². The van der Waals surface area contributed by atoms with E-state index in [2.05, 4.69) is 10.3 Å². The minimum absolute atomic E-state index is 0.267. The van der Waals surface area contributed by atoms with Crippen molar-refractivity contribution >= 4 is 0 Å². The number of rotatable bonds is 3. The Kier molecular flexibility index (Phi) is 2.98. The van der Waals surface area contributed by atoms with Gasteiger partial charge in [-0.2, -0.15) is 0 Å². The molecule has 0 bridgehead atoms. The molecule has 0 aliphatic rings. The lowest BCUT2D eigenvalue weighted by Gasteiger charge is -2.09. The number of hydrogen-bond donors (Lipinski definition) is 1. The van der Waals surface area contributed by atoms with Crippen molar-refractivity contribution in [1.29, 1.82) is 0 Å². The molecule has 1 rings (SSSR count). The molecule has 1 atom stereocenters. The Hall–Kier alpha value is -0.960. The molecule has 3 heteroatoms. The average molecular weight is 154 g/mol. The molecule has 0 aromatic carbocycles. The van der Waals surface area contributed by atoms with E-state index in [-0.39, 0.29) is 6.04 Å². The summed E-state index contributed by atoms with van der Waals surface area (Å²) in [7, 11) is 1.72. The van der Waals surface area contributed by atoms with Crippen molar-refractivity contribution in [2.24, 2.45) is 0 Å². The van der Waals surface area contributed by atoms with Crippen LogP contribution in [0.3, 0.4) is 0 Å². The number of aromatic nitrogens is 1. The normalized spacial score (nSPS) is 12.9. The van der Waals surface area contributed by atoms with E-state index in [4.69, 9.17) is 0 Å². The summed E-state index contributed by atoms with van der Waals surface area (Å²) in [5.41, 5.74) is 0.748. The fourth-order valence-corrected chi connectivity index (χ4v) is 0.886. The second-order valence-electron chi connectivity index (χ2n) is 2.25. The third-order valence-electron chi connectivity index (χ3n) is 1.55. The van der Waals surface area contributed by atoms with Gasteiger partial charge in [-0.3, -0.25) is 4.98 Å². The molecule has 1 aromatic heterocycles. The van der Waals surface area contributed by atoms with Crippen molar-refractivity contribution in [1.82, 2.24) is 10.3 Å². The predicted octanol–water partition coefficient (Wildman–Crippen LogP) is 1.31. The van der Waals surface area contributed by atoms with Crippen LogP contribution in [0.4, 0.5) is 4.39 Å². The second kappa shape index (κ2) is 4.03. The van der Waals surface area contributed by atoms with E-state index < -0.39 is 6.67 Å². The first-order valence-electron chi connectivity index (χ1n) is 3.52. The number of alkyl halides is 1. The Morgan fingerprint density at radius 2 is 2.45 bits per heavy atom. The van der Waals surface area contributed by atoms with Crippen LogP contribution in [0.1, 0.15) is 11.7 Å². The molecule has 1 aromatic rings. The minimum Gasteiger partial charge on any atom is -0.310 e. The van der Waals surface area contributed by atoms with Gasteiger partial charge < -0.3 is 5.32 Å². The zero-order chi connectivity index (χ0) is 8.10. The minimum atomic E-state index is -0.423. The molecule has 1 N–H and O–H groups in total. The topological polar surface area (TPSA) is 24.9 Å². The fourth-order valence-electron chi connectivity index (χ4n) is 0.886. The molecule has 0 aliphatic heterocycles. The van der Waals surface area contributed by atoms with E-state index in [0.29, 0.717) is 0 Å². The van der Waals surface area contributed by atoms with Crippen LogP contribution in [0, 0.1) is 0 Å². The Morgan fingerprint density at radius 3 is 2.91 bits per heavy atom. The second-order valence-corrected chi connectivity index (χ2v) is 2.25. The summed E-state index contributed by atoms with van der Waals surface area (Å²) in [5.74, 6) is 0. The van der Waals surface area contributed by atoms with E-state index in [0.717, 1.165) is 5.69 Å². The lowest BCUT2D eigenvalue weighted by Crippen LogP contribution is -2.19. The molecular weight excluding hydrogens is 143 g/mol. The third kappa shape index (κ3) is 1.98. The lowest BCUT2D eigenvalue weighted by atomic mass is 10.2. The molecule has 2 nitrogen and oxygen atoms in total. The summed E-state index contributed by atoms with van der Waals surface area (Å²) in [6.07, 6.45) is 1.66. The van der Waals surface area contributed by atoms with Crippen LogP contribution in [-0.4, -0.2) is 18.7 Å². The number of hydrogen-bond acceptors (Lipinski definition) is 2. The van der Waals surface area contributed by atoms with Gasteiger partial charge in [-0.1, -0.05) is 6.07 Å². The zero-order valence-electron chi connectivity index (χ0n) is 6.42. The molecule has 60 valence electrons. The van der Waals surface area contributed by atoms with Crippen molar-refractivity contribution in [2.45, 2.75) is 6.04 Å². The molecule has 0 saturated carbocycles. The van der Waals surface area contributed by atoms with Crippen molar-refractivity contribution in [3.8, 4) is 0 Å². The molecule has 1 heterocycles. The van der Waals surface area contributed by atoms with E-state index in [1.165, 1.54) is 0 Å². The summed E-state index contributed by atoms with van der Waals surface area (Å²) in [6, 6.07) is 5.20. The Labute approximate surface area is 65.5 Å². The van der Waals surface area contributed by atoms with Crippen LogP contribution in [0.5, 0.6) is 0 Å². The lowest BCUT2D eigenvalue weighted by molar-refractivity contribution is 0.394. The molecule has 0 aliphatic carbocycles. The van der Waals surface area contributed by atoms with Crippen LogP contribution in [0.15, 0.2) is 24.4 Å². The molecular formula is C8H11FN2. The van der Waals surface area contributed by atoms with Gasteiger partial charge in [0.05, 0.1) is 11.7 Å². The third-order valence-corrected chi connectivity index (χ3v) is 1.55. The number of pyridine rings is 1. The standard InChI is InChI=1S/C8H11FN2/c1-10-8(6-9)7-4-2-3-5-11-7/h2-5,8,10H,6H2,1H3.